The predicted octanol–water partition coefficient (Wildman–Crippen LogP) is 1.93. The Hall–Kier alpha value is -1.71. The zero-order valence-electron chi connectivity index (χ0n) is 14.3. The highest BCUT2D eigenvalue weighted by molar-refractivity contribution is 7.17. The van der Waals surface area contributed by atoms with Gasteiger partial charge in [-0.1, -0.05) is 17.8 Å². The van der Waals surface area contributed by atoms with Gasteiger partial charge in [0.05, 0.1) is 9.80 Å². The van der Waals surface area contributed by atoms with E-state index in [1.807, 2.05) is 0 Å². The number of thiophene rings is 1. The van der Waals surface area contributed by atoms with Crippen molar-refractivity contribution in [3.8, 4) is 0 Å². The molecule has 2 heterocycles. The van der Waals surface area contributed by atoms with Gasteiger partial charge in [-0.25, -0.2) is 0 Å². The van der Waals surface area contributed by atoms with Crippen LogP contribution in [0.1, 0.15) is 41.8 Å². The molecule has 3 unspecified atom stereocenters. The fourth-order valence-corrected chi connectivity index (χ4v) is 4.53. The molecule has 3 N–H and O–H groups in total. The van der Waals surface area contributed by atoms with E-state index in [4.69, 9.17) is 5.73 Å². The molecule has 26 heavy (non-hydrogen) atoms. The van der Waals surface area contributed by atoms with E-state index in [9.17, 15) is 19.7 Å². The van der Waals surface area contributed by atoms with Gasteiger partial charge in [0.15, 0.2) is 0 Å². The Labute approximate surface area is 161 Å². The number of halogens is 1. The van der Waals surface area contributed by atoms with E-state index < -0.39 is 11.0 Å². The lowest BCUT2D eigenvalue weighted by Gasteiger charge is -2.26. The summed E-state index contributed by atoms with van der Waals surface area (Å²) in [6.07, 6.45) is 4.37. The Balaban J connectivity index is 0.00000243. The molecule has 1 aromatic rings. The number of carbonyl (C=O) groups excluding carboxylic acids is 2. The lowest BCUT2D eigenvalue weighted by Crippen LogP contribution is -2.50. The highest BCUT2D eigenvalue weighted by atomic mass is 35.5. The van der Waals surface area contributed by atoms with E-state index >= 15 is 0 Å². The van der Waals surface area contributed by atoms with Gasteiger partial charge in [0.2, 0.25) is 5.91 Å². The van der Waals surface area contributed by atoms with Crippen LogP contribution in [0.15, 0.2) is 12.1 Å². The second-order valence-corrected chi connectivity index (χ2v) is 7.66. The molecule has 0 spiro atoms. The van der Waals surface area contributed by atoms with Gasteiger partial charge >= 0.3 is 5.00 Å². The molecule has 1 aromatic heterocycles. The third kappa shape index (κ3) is 4.16. The van der Waals surface area contributed by atoms with Crippen molar-refractivity contribution in [2.24, 2.45) is 11.7 Å². The van der Waals surface area contributed by atoms with Gasteiger partial charge in [-0.2, -0.15) is 0 Å². The van der Waals surface area contributed by atoms with E-state index in [1.165, 1.54) is 17.0 Å². The number of nitro groups is 1. The molecule has 10 heteroatoms. The summed E-state index contributed by atoms with van der Waals surface area (Å²) in [6, 6.07) is 2.36. The van der Waals surface area contributed by atoms with E-state index in [1.54, 1.807) is 0 Å². The van der Waals surface area contributed by atoms with Gasteiger partial charge < -0.3 is 16.0 Å². The molecule has 0 bridgehead atoms. The molecule has 1 saturated heterocycles. The van der Waals surface area contributed by atoms with Crippen molar-refractivity contribution in [2.45, 2.75) is 44.2 Å². The molecular formula is C16H23ClN4O4S. The Morgan fingerprint density at radius 3 is 2.73 bits per heavy atom. The van der Waals surface area contributed by atoms with Crippen LogP contribution in [-0.4, -0.2) is 46.8 Å². The zero-order valence-corrected chi connectivity index (χ0v) is 15.9. The topological polar surface area (TPSA) is 119 Å². The normalized spacial score (nSPS) is 25.0. The molecule has 2 aliphatic rings. The van der Waals surface area contributed by atoms with Crippen LogP contribution >= 0.6 is 23.7 Å². The van der Waals surface area contributed by atoms with Crippen LogP contribution in [0.3, 0.4) is 0 Å². The molecule has 1 aliphatic carbocycles. The SMILES string of the molecule is Cl.NCC1CCCC1NC(=O)C1CCCN1C(=O)c1ccc([N+](=O)[O-])s1. The predicted molar refractivity (Wildman–Crippen MR) is 101 cm³/mol. The fourth-order valence-electron chi connectivity index (χ4n) is 3.75. The monoisotopic (exact) mass is 402 g/mol. The summed E-state index contributed by atoms with van der Waals surface area (Å²) in [5.41, 5.74) is 5.76. The maximum absolute atomic E-state index is 12.7. The molecule has 0 radical (unpaired) electrons. The molecule has 8 nitrogen and oxygen atoms in total. The minimum Gasteiger partial charge on any atom is -0.351 e. The summed E-state index contributed by atoms with van der Waals surface area (Å²) in [5.74, 6) is -0.144. The number of nitrogens with zero attached hydrogens (tertiary/aromatic N) is 2. The summed E-state index contributed by atoms with van der Waals surface area (Å²) >= 11 is 0.848. The quantitative estimate of drug-likeness (QED) is 0.576. The van der Waals surface area contributed by atoms with Crippen LogP contribution < -0.4 is 11.1 Å². The van der Waals surface area contributed by atoms with Gasteiger partial charge in [-0.3, -0.25) is 19.7 Å². The standard InChI is InChI=1S/C16H22N4O4S.ClH/c17-9-10-3-1-4-11(10)18-15(21)12-5-2-8-19(12)16(22)13-6-7-14(25-13)20(23)24;/h6-7,10-12H,1-5,8-9,17H2,(H,18,21);1H. The van der Waals surface area contributed by atoms with Gasteiger partial charge in [0.1, 0.15) is 6.04 Å². The number of hydrogen-bond donors (Lipinski definition) is 2. The maximum Gasteiger partial charge on any atom is 0.324 e. The minimum atomic E-state index is -0.511. The van der Waals surface area contributed by atoms with Gasteiger partial charge in [0, 0.05) is 18.7 Å². The summed E-state index contributed by atoms with van der Waals surface area (Å²) in [7, 11) is 0. The number of hydrogen-bond acceptors (Lipinski definition) is 6. The van der Waals surface area contributed by atoms with Crippen molar-refractivity contribution in [3.05, 3.63) is 27.1 Å². The highest BCUT2D eigenvalue weighted by Crippen LogP contribution is 2.29. The van der Waals surface area contributed by atoms with E-state index in [-0.39, 0.29) is 35.3 Å². The van der Waals surface area contributed by atoms with Crippen LogP contribution in [0, 0.1) is 16.0 Å². The van der Waals surface area contributed by atoms with Crippen LogP contribution in [0.25, 0.3) is 0 Å². The summed E-state index contributed by atoms with van der Waals surface area (Å²) in [5, 5.41) is 13.8. The van der Waals surface area contributed by atoms with Gasteiger partial charge in [-0.15, -0.1) is 12.4 Å². The molecule has 2 amide bonds. The Morgan fingerprint density at radius 2 is 2.08 bits per heavy atom. The molecule has 0 aromatic carbocycles. The Kier molecular flexibility index (Phi) is 6.96. The average Bonchev–Trinajstić information content (AvgIpc) is 3.33. The zero-order chi connectivity index (χ0) is 18.0. The molecule has 1 saturated carbocycles. The molecular weight excluding hydrogens is 380 g/mol. The first-order chi connectivity index (χ1) is 12.0. The van der Waals surface area contributed by atoms with Crippen LogP contribution in [-0.2, 0) is 4.79 Å². The third-order valence-electron chi connectivity index (χ3n) is 5.09. The lowest BCUT2D eigenvalue weighted by atomic mass is 10.0. The Bertz CT molecular complexity index is 683. The number of nitrogens with two attached hydrogens (primary N) is 1. The Morgan fingerprint density at radius 1 is 1.31 bits per heavy atom. The van der Waals surface area contributed by atoms with Crippen LogP contribution in [0.4, 0.5) is 5.00 Å². The fraction of sp³-hybridized carbons (Fsp3) is 0.625. The molecule has 144 valence electrons. The first-order valence-corrected chi connectivity index (χ1v) is 9.38. The number of likely N-dealkylation sites (tertiary alicyclic amines) is 1. The number of nitrogens with one attached hydrogen (secondary N) is 1. The van der Waals surface area contributed by atoms with Crippen LogP contribution in [0.2, 0.25) is 0 Å². The molecule has 3 atom stereocenters. The van der Waals surface area contributed by atoms with Crippen molar-refractivity contribution >= 4 is 40.6 Å². The second kappa shape index (κ2) is 8.79. The summed E-state index contributed by atoms with van der Waals surface area (Å²) in [6.45, 7) is 1.05. The third-order valence-corrected chi connectivity index (χ3v) is 6.11. The van der Waals surface area contributed by atoms with Crippen LogP contribution in [0.5, 0.6) is 0 Å². The minimum absolute atomic E-state index is 0. The van der Waals surface area contributed by atoms with Gasteiger partial charge in [0.25, 0.3) is 5.91 Å². The average molecular weight is 403 g/mol. The van der Waals surface area contributed by atoms with Crippen molar-refractivity contribution in [1.82, 2.24) is 10.2 Å². The lowest BCUT2D eigenvalue weighted by molar-refractivity contribution is -0.380. The smallest absolute Gasteiger partial charge is 0.324 e. The van der Waals surface area contributed by atoms with Crippen molar-refractivity contribution in [1.29, 1.82) is 0 Å². The van der Waals surface area contributed by atoms with E-state index in [2.05, 4.69) is 5.32 Å². The molecule has 3 rings (SSSR count). The van der Waals surface area contributed by atoms with Crippen molar-refractivity contribution in [3.63, 3.8) is 0 Å². The molecule has 1 aliphatic heterocycles. The van der Waals surface area contributed by atoms with E-state index in [0.29, 0.717) is 30.3 Å². The van der Waals surface area contributed by atoms with Gasteiger partial charge in [-0.05, 0) is 44.2 Å². The second-order valence-electron chi connectivity index (χ2n) is 6.59. The number of amides is 2. The van der Waals surface area contributed by atoms with Crippen molar-refractivity contribution in [2.75, 3.05) is 13.1 Å². The van der Waals surface area contributed by atoms with E-state index in [0.717, 1.165) is 37.0 Å². The highest BCUT2D eigenvalue weighted by Gasteiger charge is 2.37. The molecule has 2 fully saturated rings. The first kappa shape index (κ1) is 20.6. The summed E-state index contributed by atoms with van der Waals surface area (Å²) in [4.78, 5) is 37.5. The number of rotatable bonds is 5. The van der Waals surface area contributed by atoms with Crippen molar-refractivity contribution < 1.29 is 14.5 Å². The number of carbonyl (C=O) groups is 2. The maximum atomic E-state index is 12.7. The first-order valence-electron chi connectivity index (χ1n) is 8.57. The summed E-state index contributed by atoms with van der Waals surface area (Å²) < 4.78 is 0. The largest absolute Gasteiger partial charge is 0.351 e.